The zero-order valence-corrected chi connectivity index (χ0v) is 9.50. The molecule has 2 rings (SSSR count). The van der Waals surface area contributed by atoms with Gasteiger partial charge in [-0.3, -0.25) is 0 Å². The topological polar surface area (TPSA) is 38.3 Å². The van der Waals surface area contributed by atoms with Gasteiger partial charge in [-0.25, -0.2) is 4.79 Å². The Bertz CT molecular complexity index is 335. The Kier molecular flexibility index (Phi) is 2.49. The van der Waals surface area contributed by atoms with Crippen LogP contribution < -0.4 is 5.32 Å². The first-order valence-corrected chi connectivity index (χ1v) is 5.55. The molecule has 0 aromatic carbocycles. The zero-order valence-electron chi connectivity index (χ0n) is 6.34. The van der Waals surface area contributed by atoms with Crippen LogP contribution in [-0.4, -0.2) is 12.6 Å². The molecule has 1 aliphatic heterocycles. The van der Waals surface area contributed by atoms with Crippen LogP contribution in [0.1, 0.15) is 11.0 Å². The highest BCUT2D eigenvalue weighted by Crippen LogP contribution is 2.37. The third kappa shape index (κ3) is 1.82. The second kappa shape index (κ2) is 3.48. The van der Waals surface area contributed by atoms with E-state index in [0.29, 0.717) is 10.9 Å². The predicted octanol–water partition coefficient (Wildman–Crippen LogP) is 2.94. The Morgan fingerprint density at radius 1 is 1.77 bits per heavy atom. The molecule has 1 atom stereocenters. The number of rotatable bonds is 1. The summed E-state index contributed by atoms with van der Waals surface area (Å²) in [6.07, 6.45) is -0.563. The Hall–Kier alpha value is -0.260. The molecule has 3 nitrogen and oxygen atoms in total. The number of nitrogens with one attached hydrogen (secondary N) is 1. The molecular weight excluding hydrogens is 278 g/mol. The van der Waals surface area contributed by atoms with E-state index >= 15 is 0 Å². The number of thiophene rings is 1. The molecule has 0 saturated carbocycles. The van der Waals surface area contributed by atoms with Crippen LogP contribution >= 0.6 is 38.9 Å². The molecule has 1 aliphatic rings. The Morgan fingerprint density at radius 3 is 3.00 bits per heavy atom. The maximum Gasteiger partial charge on any atom is 0.407 e. The quantitative estimate of drug-likeness (QED) is 0.860. The molecule has 70 valence electrons. The minimum Gasteiger partial charge on any atom is -0.439 e. The maximum absolute atomic E-state index is 10.7. The summed E-state index contributed by atoms with van der Waals surface area (Å²) in [5.41, 5.74) is 0. The second-order valence-electron chi connectivity index (χ2n) is 2.55. The van der Waals surface area contributed by atoms with Crippen molar-refractivity contribution >= 4 is 45.0 Å². The van der Waals surface area contributed by atoms with E-state index in [1.165, 1.54) is 11.3 Å². The minimum atomic E-state index is -0.370. The Balaban J connectivity index is 2.21. The fourth-order valence-electron chi connectivity index (χ4n) is 1.07. The largest absolute Gasteiger partial charge is 0.439 e. The van der Waals surface area contributed by atoms with E-state index in [4.69, 9.17) is 16.3 Å². The van der Waals surface area contributed by atoms with Gasteiger partial charge in [-0.1, -0.05) is 11.6 Å². The minimum absolute atomic E-state index is 0.193. The number of amides is 1. The summed E-state index contributed by atoms with van der Waals surface area (Å²) in [6.45, 7) is 0.516. The molecule has 6 heteroatoms. The summed E-state index contributed by atoms with van der Waals surface area (Å²) in [5.74, 6) is 0. The van der Waals surface area contributed by atoms with E-state index in [1.54, 1.807) is 0 Å². The van der Waals surface area contributed by atoms with E-state index in [0.717, 1.165) is 9.35 Å². The van der Waals surface area contributed by atoms with E-state index in [-0.39, 0.29) is 12.2 Å². The number of hydrogen-bond donors (Lipinski definition) is 1. The predicted molar refractivity (Wildman–Crippen MR) is 54.3 cm³/mol. The molecule has 1 aromatic heterocycles. The highest BCUT2D eigenvalue weighted by molar-refractivity contribution is 9.10. The van der Waals surface area contributed by atoms with E-state index in [2.05, 4.69) is 21.2 Å². The van der Waals surface area contributed by atoms with E-state index in [9.17, 15) is 4.79 Å². The summed E-state index contributed by atoms with van der Waals surface area (Å²) in [5, 5.41) is 2.58. The SMILES string of the molecule is O=C1NCC(c2cc(Br)c(Cl)s2)O1. The van der Waals surface area contributed by atoms with Crippen molar-refractivity contribution < 1.29 is 9.53 Å². The fourth-order valence-corrected chi connectivity index (χ4v) is 2.84. The van der Waals surface area contributed by atoms with Gasteiger partial charge in [-0.2, -0.15) is 0 Å². The zero-order chi connectivity index (χ0) is 9.42. The van der Waals surface area contributed by atoms with Crippen LogP contribution in [0.3, 0.4) is 0 Å². The molecule has 0 aliphatic carbocycles. The summed E-state index contributed by atoms with van der Waals surface area (Å²) in [7, 11) is 0. The number of ether oxygens (including phenoxy) is 1. The van der Waals surface area contributed by atoms with Crippen LogP contribution in [-0.2, 0) is 4.74 Å². The van der Waals surface area contributed by atoms with E-state index < -0.39 is 0 Å². The van der Waals surface area contributed by atoms with Gasteiger partial charge in [-0.15, -0.1) is 11.3 Å². The van der Waals surface area contributed by atoms with E-state index in [1.807, 2.05) is 6.07 Å². The molecule has 0 spiro atoms. The van der Waals surface area contributed by atoms with Crippen molar-refractivity contribution in [1.82, 2.24) is 5.32 Å². The van der Waals surface area contributed by atoms with Crippen molar-refractivity contribution in [2.75, 3.05) is 6.54 Å². The number of alkyl carbamates (subject to hydrolysis) is 1. The number of hydrogen-bond acceptors (Lipinski definition) is 3. The smallest absolute Gasteiger partial charge is 0.407 e. The lowest BCUT2D eigenvalue weighted by molar-refractivity contribution is 0.142. The van der Waals surface area contributed by atoms with Crippen molar-refractivity contribution in [2.24, 2.45) is 0 Å². The van der Waals surface area contributed by atoms with Gasteiger partial charge < -0.3 is 10.1 Å². The third-order valence-electron chi connectivity index (χ3n) is 1.66. The van der Waals surface area contributed by atoms with Gasteiger partial charge in [0.15, 0.2) is 6.10 Å². The molecule has 1 aromatic rings. The third-order valence-corrected chi connectivity index (χ3v) is 4.23. The highest BCUT2D eigenvalue weighted by Gasteiger charge is 2.26. The van der Waals surface area contributed by atoms with Crippen LogP contribution in [0.25, 0.3) is 0 Å². The first kappa shape index (κ1) is 9.30. The molecule has 1 N–H and O–H groups in total. The summed E-state index contributed by atoms with van der Waals surface area (Å²) in [6, 6.07) is 1.87. The standard InChI is InChI=1S/C7H5BrClNO2S/c8-3-1-5(13-6(3)9)4-2-10-7(11)12-4/h1,4H,2H2,(H,10,11). The van der Waals surface area contributed by atoms with Crippen LogP contribution in [0.4, 0.5) is 4.79 Å². The normalized spacial score (nSPS) is 21.4. The molecule has 13 heavy (non-hydrogen) atoms. The first-order chi connectivity index (χ1) is 6.16. The number of cyclic esters (lactones) is 1. The highest BCUT2D eigenvalue weighted by atomic mass is 79.9. The van der Waals surface area contributed by atoms with Gasteiger partial charge in [0.2, 0.25) is 0 Å². The second-order valence-corrected chi connectivity index (χ2v) is 5.09. The monoisotopic (exact) mass is 281 g/mol. The van der Waals surface area contributed by atoms with Gasteiger partial charge in [0.05, 0.1) is 6.54 Å². The van der Waals surface area contributed by atoms with Gasteiger partial charge in [-0.05, 0) is 22.0 Å². The summed E-state index contributed by atoms with van der Waals surface area (Å²) >= 11 is 10.6. The van der Waals surface area contributed by atoms with Crippen molar-refractivity contribution in [3.05, 3.63) is 19.8 Å². The molecule has 1 amide bonds. The Labute approximate surface area is 92.2 Å². The van der Waals surface area contributed by atoms with Crippen LogP contribution in [0.15, 0.2) is 10.5 Å². The van der Waals surface area contributed by atoms with Crippen LogP contribution in [0, 0.1) is 0 Å². The average molecular weight is 283 g/mol. The molecule has 1 saturated heterocycles. The molecule has 0 bridgehead atoms. The number of halogens is 2. The fraction of sp³-hybridized carbons (Fsp3) is 0.286. The molecule has 1 unspecified atom stereocenters. The lowest BCUT2D eigenvalue weighted by Crippen LogP contribution is -2.12. The number of carbonyl (C=O) groups is 1. The van der Waals surface area contributed by atoms with Crippen LogP contribution in [0.5, 0.6) is 0 Å². The first-order valence-electron chi connectivity index (χ1n) is 3.56. The van der Waals surface area contributed by atoms with Gasteiger partial charge in [0.25, 0.3) is 0 Å². The molecule has 2 heterocycles. The van der Waals surface area contributed by atoms with Crippen molar-refractivity contribution in [1.29, 1.82) is 0 Å². The lowest BCUT2D eigenvalue weighted by atomic mass is 10.3. The van der Waals surface area contributed by atoms with Crippen molar-refractivity contribution in [2.45, 2.75) is 6.10 Å². The lowest BCUT2D eigenvalue weighted by Gasteiger charge is -2.02. The number of carbonyl (C=O) groups excluding carboxylic acids is 1. The van der Waals surface area contributed by atoms with Gasteiger partial charge >= 0.3 is 6.09 Å². The molecule has 0 radical (unpaired) electrons. The Morgan fingerprint density at radius 2 is 2.54 bits per heavy atom. The van der Waals surface area contributed by atoms with Crippen LogP contribution in [0.2, 0.25) is 4.34 Å². The van der Waals surface area contributed by atoms with Gasteiger partial charge in [0, 0.05) is 9.35 Å². The van der Waals surface area contributed by atoms with Crippen molar-refractivity contribution in [3.8, 4) is 0 Å². The average Bonchev–Trinajstić information content (AvgIpc) is 2.61. The summed E-state index contributed by atoms with van der Waals surface area (Å²) in [4.78, 5) is 11.7. The van der Waals surface area contributed by atoms with Crippen molar-refractivity contribution in [3.63, 3.8) is 0 Å². The van der Waals surface area contributed by atoms with Gasteiger partial charge in [0.1, 0.15) is 4.34 Å². The maximum atomic E-state index is 10.7. The summed E-state index contributed by atoms with van der Waals surface area (Å²) < 4.78 is 6.52. The molecular formula is C7H5BrClNO2S. The molecule has 1 fully saturated rings.